The Kier molecular flexibility index (Phi) is 3.80. The van der Waals surface area contributed by atoms with Crippen LogP contribution < -0.4 is 10.3 Å². The number of fused-ring (bicyclic) bond motifs is 1. The zero-order valence-corrected chi connectivity index (χ0v) is 12.6. The van der Waals surface area contributed by atoms with E-state index in [9.17, 15) is 9.59 Å². The fourth-order valence-electron chi connectivity index (χ4n) is 2.21. The number of carbonyl (C=O) groups is 1. The van der Waals surface area contributed by atoms with E-state index in [1.165, 1.54) is 16.9 Å². The minimum atomic E-state index is -0.564. The van der Waals surface area contributed by atoms with Gasteiger partial charge >= 0.3 is 5.97 Å². The van der Waals surface area contributed by atoms with Crippen molar-refractivity contribution in [2.75, 3.05) is 13.7 Å². The lowest BCUT2D eigenvalue weighted by Crippen LogP contribution is -2.09. The number of rotatable bonds is 4. The SMILES string of the molecule is CCOC(=O)c1cn(-c2cc(=O)[nH]c3ccc(OC)cc23)nn1. The van der Waals surface area contributed by atoms with Gasteiger partial charge < -0.3 is 14.5 Å². The lowest BCUT2D eigenvalue weighted by atomic mass is 10.2. The molecule has 0 aliphatic rings. The van der Waals surface area contributed by atoms with Crippen molar-refractivity contribution in [2.45, 2.75) is 6.92 Å². The molecular formula is C15H14N4O4. The van der Waals surface area contributed by atoms with Crippen LogP contribution in [0, 0.1) is 0 Å². The van der Waals surface area contributed by atoms with Gasteiger partial charge in [0.1, 0.15) is 5.75 Å². The van der Waals surface area contributed by atoms with Crippen molar-refractivity contribution in [3.05, 3.63) is 46.5 Å². The van der Waals surface area contributed by atoms with E-state index in [1.807, 2.05) is 0 Å². The van der Waals surface area contributed by atoms with Gasteiger partial charge in [-0.15, -0.1) is 5.10 Å². The van der Waals surface area contributed by atoms with Crippen molar-refractivity contribution in [1.82, 2.24) is 20.0 Å². The van der Waals surface area contributed by atoms with E-state index in [0.29, 0.717) is 22.3 Å². The first-order valence-electron chi connectivity index (χ1n) is 6.93. The number of benzene rings is 1. The van der Waals surface area contributed by atoms with E-state index in [2.05, 4.69) is 15.3 Å². The molecule has 8 heteroatoms. The summed E-state index contributed by atoms with van der Waals surface area (Å²) in [6.07, 6.45) is 1.42. The second kappa shape index (κ2) is 5.91. The van der Waals surface area contributed by atoms with Crippen molar-refractivity contribution in [1.29, 1.82) is 0 Å². The lowest BCUT2D eigenvalue weighted by molar-refractivity contribution is 0.0519. The Labute approximate surface area is 130 Å². The molecule has 0 radical (unpaired) electrons. The Morgan fingerprint density at radius 1 is 1.35 bits per heavy atom. The summed E-state index contributed by atoms with van der Waals surface area (Å²) in [5, 5.41) is 8.41. The zero-order valence-electron chi connectivity index (χ0n) is 12.6. The smallest absolute Gasteiger partial charge is 0.360 e. The molecule has 0 atom stereocenters. The number of H-pyrrole nitrogens is 1. The van der Waals surface area contributed by atoms with E-state index in [4.69, 9.17) is 9.47 Å². The van der Waals surface area contributed by atoms with Crippen LogP contribution in [0.15, 0.2) is 35.3 Å². The summed E-state index contributed by atoms with van der Waals surface area (Å²) in [5.74, 6) is 0.0713. The van der Waals surface area contributed by atoms with E-state index in [0.717, 1.165) is 0 Å². The number of methoxy groups -OCH3 is 1. The maximum absolute atomic E-state index is 11.8. The molecule has 0 saturated carbocycles. The molecule has 2 aromatic heterocycles. The molecule has 1 aromatic carbocycles. The highest BCUT2D eigenvalue weighted by molar-refractivity contribution is 5.89. The third-order valence-corrected chi connectivity index (χ3v) is 3.25. The lowest BCUT2D eigenvalue weighted by Gasteiger charge is -2.07. The zero-order chi connectivity index (χ0) is 16.4. The van der Waals surface area contributed by atoms with Crippen LogP contribution in [0.4, 0.5) is 0 Å². The molecule has 0 spiro atoms. The fraction of sp³-hybridized carbons (Fsp3) is 0.200. The third kappa shape index (κ3) is 2.78. The summed E-state index contributed by atoms with van der Waals surface area (Å²) in [4.78, 5) is 26.3. The first-order valence-corrected chi connectivity index (χ1v) is 6.93. The number of carbonyl (C=O) groups excluding carboxylic acids is 1. The van der Waals surface area contributed by atoms with Crippen molar-refractivity contribution in [2.24, 2.45) is 0 Å². The van der Waals surface area contributed by atoms with Gasteiger partial charge in [0.25, 0.3) is 5.56 Å². The quantitative estimate of drug-likeness (QED) is 0.729. The number of ether oxygens (including phenoxy) is 2. The van der Waals surface area contributed by atoms with Gasteiger partial charge in [-0.05, 0) is 25.1 Å². The summed E-state index contributed by atoms with van der Waals surface area (Å²) in [5.41, 5.74) is 0.904. The van der Waals surface area contributed by atoms with Crippen LogP contribution in [0.1, 0.15) is 17.4 Å². The van der Waals surface area contributed by atoms with Crippen molar-refractivity contribution >= 4 is 16.9 Å². The van der Waals surface area contributed by atoms with Gasteiger partial charge in [-0.3, -0.25) is 4.79 Å². The summed E-state index contributed by atoms with van der Waals surface area (Å²) in [6.45, 7) is 1.95. The number of aromatic nitrogens is 4. The molecule has 0 amide bonds. The molecular weight excluding hydrogens is 300 g/mol. The molecule has 3 rings (SSSR count). The molecule has 0 unspecified atom stereocenters. The fourth-order valence-corrected chi connectivity index (χ4v) is 2.21. The van der Waals surface area contributed by atoms with Gasteiger partial charge in [0, 0.05) is 11.5 Å². The van der Waals surface area contributed by atoms with Gasteiger partial charge in [-0.1, -0.05) is 5.21 Å². The molecule has 118 valence electrons. The van der Waals surface area contributed by atoms with Gasteiger partial charge in [0.15, 0.2) is 5.69 Å². The molecule has 0 aliphatic carbocycles. The van der Waals surface area contributed by atoms with Crippen LogP contribution in [0.2, 0.25) is 0 Å². The summed E-state index contributed by atoms with van der Waals surface area (Å²) in [7, 11) is 1.56. The maximum Gasteiger partial charge on any atom is 0.360 e. The standard InChI is InChI=1S/C15H14N4O4/c1-3-23-15(21)12-8-19(18-17-12)13-7-14(20)16-11-5-4-9(22-2)6-10(11)13/h4-8H,3H2,1-2H3,(H,16,20). The minimum absolute atomic E-state index is 0.0724. The predicted octanol–water partition coefficient (Wildman–Crippen LogP) is 1.29. The number of hydrogen-bond acceptors (Lipinski definition) is 6. The van der Waals surface area contributed by atoms with E-state index in [-0.39, 0.29) is 17.9 Å². The molecule has 3 aromatic rings. The molecule has 23 heavy (non-hydrogen) atoms. The topological polar surface area (TPSA) is 99.1 Å². The summed E-state index contributed by atoms with van der Waals surface area (Å²) >= 11 is 0. The Hall–Kier alpha value is -3.16. The van der Waals surface area contributed by atoms with E-state index < -0.39 is 5.97 Å². The molecule has 2 heterocycles. The van der Waals surface area contributed by atoms with Crippen LogP contribution in [0.25, 0.3) is 16.6 Å². The average Bonchev–Trinajstić information content (AvgIpc) is 3.04. The van der Waals surface area contributed by atoms with Gasteiger partial charge in [0.2, 0.25) is 0 Å². The number of esters is 1. The number of hydrogen-bond donors (Lipinski definition) is 1. The van der Waals surface area contributed by atoms with Crippen LogP contribution in [-0.2, 0) is 4.74 Å². The number of aromatic amines is 1. The average molecular weight is 314 g/mol. The summed E-state index contributed by atoms with van der Waals surface area (Å²) in [6, 6.07) is 6.63. The highest BCUT2D eigenvalue weighted by atomic mass is 16.5. The largest absolute Gasteiger partial charge is 0.497 e. The van der Waals surface area contributed by atoms with Crippen molar-refractivity contribution in [3.8, 4) is 11.4 Å². The minimum Gasteiger partial charge on any atom is -0.497 e. The van der Waals surface area contributed by atoms with Gasteiger partial charge in [0.05, 0.1) is 31.1 Å². The first-order chi connectivity index (χ1) is 11.1. The highest BCUT2D eigenvalue weighted by Crippen LogP contribution is 2.23. The predicted molar refractivity (Wildman–Crippen MR) is 82.0 cm³/mol. The monoisotopic (exact) mass is 314 g/mol. The van der Waals surface area contributed by atoms with Crippen LogP contribution in [0.5, 0.6) is 5.75 Å². The summed E-state index contributed by atoms with van der Waals surface area (Å²) < 4.78 is 11.5. The second-order valence-electron chi connectivity index (χ2n) is 4.70. The van der Waals surface area contributed by atoms with Gasteiger partial charge in [-0.2, -0.15) is 0 Å². The molecule has 0 fully saturated rings. The Morgan fingerprint density at radius 2 is 2.17 bits per heavy atom. The highest BCUT2D eigenvalue weighted by Gasteiger charge is 2.14. The first kappa shape index (κ1) is 14.8. The molecule has 1 N–H and O–H groups in total. The molecule has 8 nitrogen and oxygen atoms in total. The molecule has 0 saturated heterocycles. The molecule has 0 bridgehead atoms. The van der Waals surface area contributed by atoms with Crippen LogP contribution >= 0.6 is 0 Å². The van der Waals surface area contributed by atoms with Gasteiger partial charge in [-0.25, -0.2) is 9.48 Å². The van der Waals surface area contributed by atoms with E-state index in [1.54, 1.807) is 32.2 Å². The number of pyridine rings is 1. The van der Waals surface area contributed by atoms with E-state index >= 15 is 0 Å². The Balaban J connectivity index is 2.15. The van der Waals surface area contributed by atoms with Crippen molar-refractivity contribution in [3.63, 3.8) is 0 Å². The molecule has 0 aliphatic heterocycles. The Morgan fingerprint density at radius 3 is 2.91 bits per heavy atom. The second-order valence-corrected chi connectivity index (χ2v) is 4.70. The maximum atomic E-state index is 11.8. The van der Waals surface area contributed by atoms with Crippen LogP contribution in [0.3, 0.4) is 0 Å². The van der Waals surface area contributed by atoms with Crippen molar-refractivity contribution < 1.29 is 14.3 Å². The van der Waals surface area contributed by atoms with Crippen LogP contribution in [-0.4, -0.2) is 39.7 Å². The number of nitrogens with zero attached hydrogens (tertiary/aromatic N) is 3. The third-order valence-electron chi connectivity index (χ3n) is 3.25. The Bertz CT molecular complexity index is 929. The normalized spacial score (nSPS) is 10.7. The number of nitrogens with one attached hydrogen (secondary N) is 1.